The molecule has 94 valence electrons. The molecule has 2 aromatic rings. The molecule has 1 aromatic carbocycles. The Kier molecular flexibility index (Phi) is 2.10. The highest BCUT2D eigenvalue weighted by Crippen LogP contribution is 2.37. The zero-order valence-corrected chi connectivity index (χ0v) is 11.2. The minimum atomic E-state index is -3.77. The first-order chi connectivity index (χ1) is 8.40. The Morgan fingerprint density at radius 2 is 2.00 bits per heavy atom. The lowest BCUT2D eigenvalue weighted by Crippen LogP contribution is -2.34. The largest absolute Gasteiger partial charge is 0.492 e. The number of aryl methyl sites for hydroxylation is 3. The molecule has 5 nitrogen and oxygen atoms in total. The van der Waals surface area contributed by atoms with Crippen LogP contribution in [0.15, 0.2) is 24.5 Å². The first-order valence-corrected chi connectivity index (χ1v) is 6.90. The molecule has 0 unspecified atom stereocenters. The zero-order chi connectivity index (χ0) is 13.1. The number of benzene rings is 1. The number of imidazole rings is 1. The Morgan fingerprint density at radius 3 is 2.72 bits per heavy atom. The molecule has 0 radical (unpaired) electrons. The molecule has 0 amide bonds. The van der Waals surface area contributed by atoms with Gasteiger partial charge in [0, 0.05) is 0 Å². The van der Waals surface area contributed by atoms with E-state index in [4.69, 9.17) is 4.18 Å². The Balaban J connectivity index is 2.47. The summed E-state index contributed by atoms with van der Waals surface area (Å²) in [6, 6.07) is 3.76. The lowest BCUT2D eigenvalue weighted by molar-refractivity contribution is -0.659. The molecule has 1 aromatic heterocycles. The fourth-order valence-electron chi connectivity index (χ4n) is 2.36. The van der Waals surface area contributed by atoms with Crippen molar-refractivity contribution in [1.29, 1.82) is 0 Å². The summed E-state index contributed by atoms with van der Waals surface area (Å²) < 4.78 is 32.1. The van der Waals surface area contributed by atoms with E-state index in [0.29, 0.717) is 11.6 Å². The summed E-state index contributed by atoms with van der Waals surface area (Å²) in [7, 11) is -1.96. The van der Waals surface area contributed by atoms with Crippen molar-refractivity contribution in [2.24, 2.45) is 7.05 Å². The molecule has 18 heavy (non-hydrogen) atoms. The van der Waals surface area contributed by atoms with E-state index in [0.717, 1.165) is 20.7 Å². The van der Waals surface area contributed by atoms with Crippen molar-refractivity contribution in [3.05, 3.63) is 35.7 Å². The van der Waals surface area contributed by atoms with Crippen molar-refractivity contribution in [3.8, 4) is 17.1 Å². The van der Waals surface area contributed by atoms with Gasteiger partial charge in [0.05, 0.1) is 7.05 Å². The summed E-state index contributed by atoms with van der Waals surface area (Å²) in [6.45, 7) is 3.86. The van der Waals surface area contributed by atoms with Gasteiger partial charge in [0.1, 0.15) is 11.8 Å². The molecule has 0 spiro atoms. The van der Waals surface area contributed by atoms with Crippen molar-refractivity contribution in [1.82, 2.24) is 3.97 Å². The third-order valence-corrected chi connectivity index (χ3v) is 4.24. The van der Waals surface area contributed by atoms with E-state index in [2.05, 4.69) is 0 Å². The number of aromatic nitrogens is 2. The maximum absolute atomic E-state index is 12.0. The normalized spacial score (nSPS) is 15.7. The summed E-state index contributed by atoms with van der Waals surface area (Å²) in [6.07, 6.45) is 3.19. The van der Waals surface area contributed by atoms with Gasteiger partial charge >= 0.3 is 16.1 Å². The zero-order valence-electron chi connectivity index (χ0n) is 10.3. The van der Waals surface area contributed by atoms with E-state index in [1.807, 2.05) is 27.0 Å². The third-order valence-electron chi connectivity index (χ3n) is 3.07. The molecule has 0 aliphatic carbocycles. The molecule has 0 bridgehead atoms. The van der Waals surface area contributed by atoms with Crippen molar-refractivity contribution in [2.45, 2.75) is 13.8 Å². The Hall–Kier alpha value is -1.82. The molecule has 0 N–H and O–H groups in total. The number of nitrogens with zero attached hydrogens (tertiary/aromatic N) is 2. The van der Waals surface area contributed by atoms with Crippen LogP contribution in [0.1, 0.15) is 11.1 Å². The van der Waals surface area contributed by atoms with Gasteiger partial charge in [-0.3, -0.25) is 0 Å². The van der Waals surface area contributed by atoms with E-state index in [-0.39, 0.29) is 0 Å². The maximum atomic E-state index is 12.0. The van der Waals surface area contributed by atoms with Crippen LogP contribution < -0.4 is 8.75 Å². The smallest absolute Gasteiger partial charge is 0.350 e. The van der Waals surface area contributed by atoms with Gasteiger partial charge in [-0.05, 0) is 31.0 Å². The molecule has 0 saturated heterocycles. The van der Waals surface area contributed by atoms with E-state index in [1.54, 1.807) is 16.8 Å². The minimum Gasteiger partial charge on any atom is -0.350 e. The van der Waals surface area contributed by atoms with Gasteiger partial charge in [0.2, 0.25) is 0 Å². The Labute approximate surface area is 106 Å². The van der Waals surface area contributed by atoms with Crippen molar-refractivity contribution in [3.63, 3.8) is 0 Å². The Morgan fingerprint density at radius 1 is 1.28 bits per heavy atom. The minimum absolute atomic E-state index is 0.398. The van der Waals surface area contributed by atoms with Gasteiger partial charge in [-0.1, -0.05) is 10.0 Å². The molecular weight excluding hydrogens is 252 g/mol. The van der Waals surface area contributed by atoms with E-state index in [9.17, 15) is 8.42 Å². The van der Waals surface area contributed by atoms with Crippen LogP contribution in [0, 0.1) is 13.8 Å². The summed E-state index contributed by atoms with van der Waals surface area (Å²) in [5.41, 5.74) is 2.79. The van der Waals surface area contributed by atoms with Crippen LogP contribution >= 0.6 is 0 Å². The second-order valence-electron chi connectivity index (χ2n) is 4.52. The van der Waals surface area contributed by atoms with Gasteiger partial charge in [-0.25, -0.2) is 4.57 Å². The number of fused-ring (bicyclic) bond motifs is 3. The molecule has 2 heterocycles. The highest BCUT2D eigenvalue weighted by atomic mass is 32.2. The predicted octanol–water partition coefficient (Wildman–Crippen LogP) is 1.08. The van der Waals surface area contributed by atoms with Gasteiger partial charge in [-0.2, -0.15) is 0 Å². The topological polar surface area (TPSA) is 52.2 Å². The molecule has 1 aliphatic heterocycles. The quantitative estimate of drug-likeness (QED) is 0.670. The van der Waals surface area contributed by atoms with E-state index >= 15 is 0 Å². The van der Waals surface area contributed by atoms with Gasteiger partial charge in [0.25, 0.3) is 0 Å². The van der Waals surface area contributed by atoms with Gasteiger partial charge in [0.15, 0.2) is 11.9 Å². The predicted molar refractivity (Wildman–Crippen MR) is 65.5 cm³/mol. The molecule has 3 rings (SSSR count). The summed E-state index contributed by atoms with van der Waals surface area (Å²) in [5.74, 6) is 1.02. The molecule has 0 saturated carbocycles. The summed E-state index contributed by atoms with van der Waals surface area (Å²) >= 11 is 0. The lowest BCUT2D eigenvalue weighted by Gasteiger charge is -2.16. The van der Waals surface area contributed by atoms with E-state index < -0.39 is 10.3 Å². The van der Waals surface area contributed by atoms with Crippen molar-refractivity contribution >= 4 is 10.3 Å². The van der Waals surface area contributed by atoms with Crippen molar-refractivity contribution in [2.75, 3.05) is 0 Å². The maximum Gasteiger partial charge on any atom is 0.492 e. The number of hydrogen-bond donors (Lipinski definition) is 0. The van der Waals surface area contributed by atoms with Crippen LogP contribution in [-0.4, -0.2) is 12.4 Å². The first-order valence-electron chi connectivity index (χ1n) is 5.54. The van der Waals surface area contributed by atoms with Crippen LogP contribution in [0.2, 0.25) is 0 Å². The first kappa shape index (κ1) is 11.3. The monoisotopic (exact) mass is 265 g/mol. The highest BCUT2D eigenvalue weighted by molar-refractivity contribution is 7.85. The summed E-state index contributed by atoms with van der Waals surface area (Å²) in [4.78, 5) is 0. The van der Waals surface area contributed by atoms with Gasteiger partial charge < -0.3 is 4.18 Å². The average Bonchev–Trinajstić information content (AvgIpc) is 2.59. The number of hydrogen-bond acceptors (Lipinski definition) is 3. The SMILES string of the molecule is Cc1cc(C)c2c(c1)OS(=O)(=O)n1cc[n+](C)c1-2. The molecule has 6 heteroatoms. The van der Waals surface area contributed by atoms with Crippen LogP contribution in [0.4, 0.5) is 0 Å². The standard InChI is InChI=1S/C12H13N2O3S/c1-8-6-9(2)11-10(7-8)17-18(15,16)14-5-4-13(3)12(11)14/h4-7H,1-3H3/q+1. The van der Waals surface area contributed by atoms with Crippen LogP contribution in [0.3, 0.4) is 0 Å². The molecular formula is C12H13N2O3S+. The average molecular weight is 265 g/mol. The van der Waals surface area contributed by atoms with Crippen molar-refractivity contribution < 1.29 is 17.2 Å². The molecule has 1 aliphatic rings. The Bertz CT molecular complexity index is 760. The second-order valence-corrected chi connectivity index (χ2v) is 5.94. The van der Waals surface area contributed by atoms with Crippen LogP contribution in [0.25, 0.3) is 11.4 Å². The fraction of sp³-hybridized carbons (Fsp3) is 0.250. The number of rotatable bonds is 0. The van der Waals surface area contributed by atoms with E-state index in [1.165, 1.54) is 6.20 Å². The van der Waals surface area contributed by atoms with Crippen LogP contribution in [0.5, 0.6) is 5.75 Å². The molecule has 0 atom stereocenters. The van der Waals surface area contributed by atoms with Crippen LogP contribution in [-0.2, 0) is 17.4 Å². The second kappa shape index (κ2) is 3.35. The lowest BCUT2D eigenvalue weighted by atomic mass is 10.0. The van der Waals surface area contributed by atoms with Gasteiger partial charge in [-0.15, -0.1) is 8.42 Å². The third kappa shape index (κ3) is 1.38. The highest BCUT2D eigenvalue weighted by Gasteiger charge is 2.38. The summed E-state index contributed by atoms with van der Waals surface area (Å²) in [5, 5.41) is 0. The fourth-order valence-corrected chi connectivity index (χ4v) is 3.43. The molecule has 0 fully saturated rings.